The van der Waals surface area contributed by atoms with Gasteiger partial charge in [-0.1, -0.05) is 103 Å². The lowest BCUT2D eigenvalue weighted by atomic mass is 9.74. The van der Waals surface area contributed by atoms with Crippen LogP contribution in [0.15, 0.2) is 36.4 Å². The number of carbonyl (C=O) groups is 2. The molecular formula is C30H43NO4. The SMILES string of the molecule is CCCCCCCCOc1cccc(N2C(=O)[C@@H]3[C@@H]4C=C[C@@](CCCCCCCC)(O4)[C@@H]3C2=O)c1. The van der Waals surface area contributed by atoms with E-state index in [0.29, 0.717) is 18.0 Å². The summed E-state index contributed by atoms with van der Waals surface area (Å²) >= 11 is 0. The summed E-state index contributed by atoms with van der Waals surface area (Å²) in [5.41, 5.74) is -0.00281. The second-order valence-electron chi connectivity index (χ2n) is 10.5. The van der Waals surface area contributed by atoms with Crippen LogP contribution < -0.4 is 9.64 Å². The van der Waals surface area contributed by atoms with Gasteiger partial charge in [0.2, 0.25) is 11.8 Å². The van der Waals surface area contributed by atoms with Crippen LogP contribution in [-0.4, -0.2) is 30.1 Å². The molecule has 2 fully saturated rings. The normalized spacial score (nSPS) is 26.7. The Morgan fingerprint density at radius 2 is 1.57 bits per heavy atom. The third kappa shape index (κ3) is 5.66. The molecule has 2 saturated heterocycles. The largest absolute Gasteiger partial charge is 0.494 e. The summed E-state index contributed by atoms with van der Waals surface area (Å²) in [7, 11) is 0. The molecule has 5 nitrogen and oxygen atoms in total. The van der Waals surface area contributed by atoms with E-state index in [1.807, 2.05) is 30.3 Å². The van der Waals surface area contributed by atoms with Crippen molar-refractivity contribution in [3.63, 3.8) is 0 Å². The Kier molecular flexibility index (Phi) is 9.04. The van der Waals surface area contributed by atoms with Gasteiger partial charge in [0.1, 0.15) is 5.75 Å². The van der Waals surface area contributed by atoms with Crippen molar-refractivity contribution in [1.82, 2.24) is 0 Å². The lowest BCUT2D eigenvalue weighted by Crippen LogP contribution is -2.40. The highest BCUT2D eigenvalue weighted by molar-refractivity contribution is 6.23. The summed E-state index contributed by atoms with van der Waals surface area (Å²) in [6.07, 6.45) is 19.0. The molecule has 4 rings (SSSR count). The van der Waals surface area contributed by atoms with Gasteiger partial charge < -0.3 is 9.47 Å². The predicted molar refractivity (Wildman–Crippen MR) is 140 cm³/mol. The molecule has 1 aromatic rings. The van der Waals surface area contributed by atoms with Crippen molar-refractivity contribution in [3.05, 3.63) is 36.4 Å². The van der Waals surface area contributed by atoms with Gasteiger partial charge in [-0.05, 0) is 25.0 Å². The quantitative estimate of drug-likeness (QED) is 0.145. The molecular weight excluding hydrogens is 438 g/mol. The first-order valence-electron chi connectivity index (χ1n) is 14.1. The van der Waals surface area contributed by atoms with E-state index in [0.717, 1.165) is 25.7 Å². The Labute approximate surface area is 211 Å². The summed E-state index contributed by atoms with van der Waals surface area (Å²) in [6.45, 7) is 5.10. The van der Waals surface area contributed by atoms with E-state index in [-0.39, 0.29) is 17.9 Å². The van der Waals surface area contributed by atoms with E-state index in [9.17, 15) is 9.59 Å². The van der Waals surface area contributed by atoms with Crippen molar-refractivity contribution in [2.24, 2.45) is 11.8 Å². The number of nitrogens with zero attached hydrogens (tertiary/aromatic N) is 1. The van der Waals surface area contributed by atoms with Gasteiger partial charge in [0.05, 0.1) is 35.8 Å². The summed E-state index contributed by atoms with van der Waals surface area (Å²) in [6, 6.07) is 7.45. The number of anilines is 1. The first-order valence-corrected chi connectivity index (χ1v) is 14.1. The molecule has 0 N–H and O–H groups in total. The molecule has 3 aliphatic rings. The molecule has 0 aromatic heterocycles. The van der Waals surface area contributed by atoms with Crippen LogP contribution in [0.25, 0.3) is 0 Å². The molecule has 3 aliphatic heterocycles. The van der Waals surface area contributed by atoms with Crippen LogP contribution in [0, 0.1) is 11.8 Å². The number of fused-ring (bicyclic) bond motifs is 5. The van der Waals surface area contributed by atoms with Crippen molar-refractivity contribution in [1.29, 1.82) is 0 Å². The van der Waals surface area contributed by atoms with Crippen molar-refractivity contribution in [2.45, 2.75) is 109 Å². The first kappa shape index (κ1) is 25.9. The zero-order chi connectivity index (χ0) is 24.7. The number of unbranched alkanes of at least 4 members (excludes halogenated alkanes) is 10. The Hall–Kier alpha value is -2.14. The Balaban J connectivity index is 1.35. The molecule has 35 heavy (non-hydrogen) atoms. The second-order valence-corrected chi connectivity index (χ2v) is 10.5. The molecule has 0 radical (unpaired) electrons. The van der Waals surface area contributed by atoms with Gasteiger partial charge in [-0.25, -0.2) is 4.90 Å². The lowest BCUT2D eigenvalue weighted by Gasteiger charge is -2.29. The van der Waals surface area contributed by atoms with Crippen LogP contribution in [0.5, 0.6) is 5.75 Å². The number of benzene rings is 1. The smallest absolute Gasteiger partial charge is 0.241 e. The van der Waals surface area contributed by atoms with Crippen molar-refractivity contribution in [3.8, 4) is 5.75 Å². The second kappa shape index (κ2) is 12.2. The summed E-state index contributed by atoms with van der Waals surface area (Å²) in [5, 5.41) is 0. The molecule has 2 bridgehead atoms. The monoisotopic (exact) mass is 481 g/mol. The van der Waals surface area contributed by atoms with E-state index in [2.05, 4.69) is 19.9 Å². The van der Waals surface area contributed by atoms with Gasteiger partial charge in [0, 0.05) is 6.07 Å². The van der Waals surface area contributed by atoms with Gasteiger partial charge in [-0.15, -0.1) is 0 Å². The zero-order valence-corrected chi connectivity index (χ0v) is 21.7. The number of hydrogen-bond acceptors (Lipinski definition) is 4. The van der Waals surface area contributed by atoms with Crippen molar-refractivity contribution in [2.75, 3.05) is 11.5 Å². The average Bonchev–Trinajstić information content (AvgIpc) is 3.51. The topological polar surface area (TPSA) is 55.8 Å². The minimum atomic E-state index is -0.618. The van der Waals surface area contributed by atoms with E-state index in [1.54, 1.807) is 0 Å². The molecule has 192 valence electrons. The summed E-state index contributed by atoms with van der Waals surface area (Å²) in [4.78, 5) is 28.4. The van der Waals surface area contributed by atoms with Crippen LogP contribution in [0.3, 0.4) is 0 Å². The fourth-order valence-corrected chi connectivity index (χ4v) is 6.01. The Bertz CT molecular complexity index is 896. The number of imide groups is 1. The molecule has 4 atom stereocenters. The number of ether oxygens (including phenoxy) is 2. The number of rotatable bonds is 16. The first-order chi connectivity index (χ1) is 17.1. The molecule has 2 amide bonds. The van der Waals surface area contributed by atoms with Gasteiger partial charge in [0.25, 0.3) is 0 Å². The maximum atomic E-state index is 13.6. The third-order valence-corrected chi connectivity index (χ3v) is 7.92. The Morgan fingerprint density at radius 1 is 0.886 bits per heavy atom. The molecule has 5 heteroatoms. The number of hydrogen-bond donors (Lipinski definition) is 0. The average molecular weight is 482 g/mol. The van der Waals surface area contributed by atoms with Crippen molar-refractivity contribution >= 4 is 17.5 Å². The van der Waals surface area contributed by atoms with Gasteiger partial charge >= 0.3 is 0 Å². The number of carbonyl (C=O) groups excluding carboxylic acids is 2. The third-order valence-electron chi connectivity index (χ3n) is 7.92. The van der Waals surface area contributed by atoms with Crippen LogP contribution >= 0.6 is 0 Å². The fourth-order valence-electron chi connectivity index (χ4n) is 6.01. The van der Waals surface area contributed by atoms with E-state index >= 15 is 0 Å². The molecule has 0 saturated carbocycles. The molecule has 3 heterocycles. The highest BCUT2D eigenvalue weighted by Crippen LogP contribution is 2.54. The van der Waals surface area contributed by atoms with E-state index < -0.39 is 17.4 Å². The zero-order valence-electron chi connectivity index (χ0n) is 21.7. The maximum Gasteiger partial charge on any atom is 0.241 e. The van der Waals surface area contributed by atoms with Gasteiger partial charge in [-0.3, -0.25) is 9.59 Å². The Morgan fingerprint density at radius 3 is 2.31 bits per heavy atom. The minimum absolute atomic E-state index is 0.120. The van der Waals surface area contributed by atoms with Crippen LogP contribution in [0.2, 0.25) is 0 Å². The molecule has 0 aliphatic carbocycles. The molecule has 0 spiro atoms. The minimum Gasteiger partial charge on any atom is -0.494 e. The van der Waals surface area contributed by atoms with Crippen LogP contribution in [0.4, 0.5) is 5.69 Å². The van der Waals surface area contributed by atoms with E-state index in [4.69, 9.17) is 9.47 Å². The van der Waals surface area contributed by atoms with Gasteiger partial charge in [-0.2, -0.15) is 0 Å². The van der Waals surface area contributed by atoms with E-state index in [1.165, 1.54) is 62.7 Å². The standard InChI is InChI=1S/C30H43NO4/c1-3-5-7-9-11-13-19-30-20-18-25(35-30)26-27(30)29(33)31(28(26)32)23-16-15-17-24(22-23)34-21-14-12-10-8-6-4-2/h15-18,20,22,25-27H,3-14,19,21H2,1-2H3/t25-,26+,27-,30+/m0/s1. The highest BCUT2D eigenvalue weighted by Gasteiger charge is 2.67. The number of amides is 2. The van der Waals surface area contributed by atoms with Crippen LogP contribution in [0.1, 0.15) is 97.3 Å². The maximum absolute atomic E-state index is 13.6. The lowest BCUT2D eigenvalue weighted by molar-refractivity contribution is -0.126. The molecule has 1 aromatic carbocycles. The summed E-state index contributed by atoms with van der Waals surface area (Å²) < 4.78 is 12.3. The van der Waals surface area contributed by atoms with Crippen molar-refractivity contribution < 1.29 is 19.1 Å². The predicted octanol–water partition coefficient (Wildman–Crippen LogP) is 6.99. The van der Waals surface area contributed by atoms with Crippen LogP contribution in [-0.2, 0) is 14.3 Å². The fraction of sp³-hybridized carbons (Fsp3) is 0.667. The molecule has 0 unspecified atom stereocenters. The highest BCUT2D eigenvalue weighted by atomic mass is 16.5. The summed E-state index contributed by atoms with van der Waals surface area (Å²) in [5.74, 6) is -0.348. The van der Waals surface area contributed by atoms with Gasteiger partial charge in [0.15, 0.2) is 0 Å².